The van der Waals surface area contributed by atoms with Gasteiger partial charge in [0, 0.05) is 44.4 Å². The molecule has 3 aromatic rings. The van der Waals surface area contributed by atoms with Gasteiger partial charge in [-0.2, -0.15) is 4.98 Å². The molecular weight excluding hydrogens is 422 g/mol. The van der Waals surface area contributed by atoms with Gasteiger partial charge in [-0.3, -0.25) is 19.5 Å². The van der Waals surface area contributed by atoms with Gasteiger partial charge in [-0.05, 0) is 35.6 Å². The summed E-state index contributed by atoms with van der Waals surface area (Å²) in [7, 11) is 1.62. The molecule has 9 nitrogen and oxygen atoms in total. The van der Waals surface area contributed by atoms with Crippen LogP contribution in [-0.4, -0.2) is 72.1 Å². The molecule has 33 heavy (non-hydrogen) atoms. The Morgan fingerprint density at radius 2 is 1.97 bits per heavy atom. The number of carbonyl (C=O) groups is 1. The number of aromatic nitrogens is 3. The van der Waals surface area contributed by atoms with E-state index in [4.69, 9.17) is 9.47 Å². The summed E-state index contributed by atoms with van der Waals surface area (Å²) in [6, 6.07) is 7.74. The van der Waals surface area contributed by atoms with Crippen molar-refractivity contribution in [3.8, 4) is 5.75 Å². The van der Waals surface area contributed by atoms with E-state index in [9.17, 15) is 9.59 Å². The predicted molar refractivity (Wildman–Crippen MR) is 124 cm³/mol. The van der Waals surface area contributed by atoms with Crippen LogP contribution in [0.5, 0.6) is 5.75 Å². The third-order valence-corrected chi connectivity index (χ3v) is 6.44. The highest BCUT2D eigenvalue weighted by molar-refractivity contribution is 6.02. The minimum atomic E-state index is -0.276. The minimum absolute atomic E-state index is 0.00131. The number of pyridine rings is 1. The molecule has 1 fully saturated rings. The van der Waals surface area contributed by atoms with Crippen molar-refractivity contribution in [1.82, 2.24) is 19.9 Å². The first-order valence-electron chi connectivity index (χ1n) is 11.3. The van der Waals surface area contributed by atoms with Crippen molar-refractivity contribution in [2.24, 2.45) is 0 Å². The summed E-state index contributed by atoms with van der Waals surface area (Å²) in [4.78, 5) is 39.9. The number of fused-ring (bicyclic) bond motifs is 3. The fourth-order valence-electron chi connectivity index (χ4n) is 4.62. The largest absolute Gasteiger partial charge is 0.497 e. The molecule has 2 N–H and O–H groups in total. The lowest BCUT2D eigenvalue weighted by Gasteiger charge is -2.26. The Morgan fingerprint density at radius 1 is 1.18 bits per heavy atom. The number of H-pyrrole nitrogens is 1. The number of hydrogen-bond acceptors (Lipinski definition) is 8. The summed E-state index contributed by atoms with van der Waals surface area (Å²) in [6.45, 7) is 4.78. The van der Waals surface area contributed by atoms with Gasteiger partial charge in [0.15, 0.2) is 11.4 Å². The molecule has 0 amide bonds. The molecule has 0 radical (unpaired) electrons. The molecular formula is C24H27N5O4. The number of nitrogens with zero attached hydrogens (tertiary/aromatic N) is 3. The molecule has 1 aliphatic heterocycles. The van der Waals surface area contributed by atoms with E-state index in [0.29, 0.717) is 41.9 Å². The maximum atomic E-state index is 13.0. The van der Waals surface area contributed by atoms with Gasteiger partial charge in [0.05, 0.1) is 25.7 Å². The van der Waals surface area contributed by atoms with Gasteiger partial charge in [-0.15, -0.1) is 0 Å². The monoisotopic (exact) mass is 449 g/mol. The lowest BCUT2D eigenvalue weighted by atomic mass is 9.79. The smallest absolute Gasteiger partial charge is 0.262 e. The molecule has 3 heterocycles. The van der Waals surface area contributed by atoms with E-state index in [2.05, 4.69) is 25.2 Å². The molecule has 5 rings (SSSR count). The minimum Gasteiger partial charge on any atom is -0.497 e. The second kappa shape index (κ2) is 9.29. The van der Waals surface area contributed by atoms with Gasteiger partial charge < -0.3 is 14.8 Å². The summed E-state index contributed by atoms with van der Waals surface area (Å²) in [6.07, 6.45) is 2.54. The van der Waals surface area contributed by atoms with Gasteiger partial charge in [0.1, 0.15) is 5.75 Å². The zero-order chi connectivity index (χ0) is 22.8. The van der Waals surface area contributed by atoms with Crippen molar-refractivity contribution >= 4 is 22.8 Å². The van der Waals surface area contributed by atoms with Gasteiger partial charge in [0.25, 0.3) is 5.56 Å². The topological polar surface area (TPSA) is 109 Å². The number of Topliss-reactive ketones (excluding diaryl/α,β-unsaturated/α-hetero) is 1. The van der Waals surface area contributed by atoms with Crippen LogP contribution >= 0.6 is 0 Å². The highest BCUT2D eigenvalue weighted by Gasteiger charge is 2.29. The van der Waals surface area contributed by atoms with Crippen LogP contribution in [0.4, 0.5) is 5.95 Å². The van der Waals surface area contributed by atoms with Gasteiger partial charge in [0.2, 0.25) is 5.95 Å². The van der Waals surface area contributed by atoms with Crippen LogP contribution < -0.4 is 15.6 Å². The Bertz CT molecular complexity index is 1220. The van der Waals surface area contributed by atoms with E-state index < -0.39 is 0 Å². The molecule has 1 aromatic carbocycles. The Morgan fingerprint density at radius 3 is 2.73 bits per heavy atom. The average Bonchev–Trinajstić information content (AvgIpc) is 2.84. The van der Waals surface area contributed by atoms with E-state index >= 15 is 0 Å². The first kappa shape index (κ1) is 21.5. The van der Waals surface area contributed by atoms with E-state index in [1.54, 1.807) is 13.3 Å². The second-order valence-corrected chi connectivity index (χ2v) is 8.45. The summed E-state index contributed by atoms with van der Waals surface area (Å²) >= 11 is 0. The van der Waals surface area contributed by atoms with Crippen molar-refractivity contribution in [2.75, 3.05) is 51.8 Å². The molecule has 9 heteroatoms. The van der Waals surface area contributed by atoms with Crippen molar-refractivity contribution in [1.29, 1.82) is 0 Å². The Hall–Kier alpha value is -3.30. The normalized spacial score (nSPS) is 18.8. The zero-order valence-corrected chi connectivity index (χ0v) is 18.6. The van der Waals surface area contributed by atoms with E-state index in [-0.39, 0.29) is 17.3 Å². The summed E-state index contributed by atoms with van der Waals surface area (Å²) in [5.41, 5.74) is 2.37. The average molecular weight is 450 g/mol. The number of carbonyl (C=O) groups excluding carboxylic acids is 1. The Balaban J connectivity index is 1.39. The number of anilines is 1. The first-order chi connectivity index (χ1) is 16.1. The molecule has 0 bridgehead atoms. The van der Waals surface area contributed by atoms with E-state index in [1.807, 2.05) is 24.3 Å². The van der Waals surface area contributed by atoms with Crippen LogP contribution in [0.15, 0.2) is 35.3 Å². The predicted octanol–water partition coefficient (Wildman–Crippen LogP) is 1.98. The number of rotatable bonds is 6. The lowest BCUT2D eigenvalue weighted by molar-refractivity contribution is 0.0398. The zero-order valence-electron chi connectivity index (χ0n) is 18.6. The molecule has 1 atom stereocenters. The van der Waals surface area contributed by atoms with Crippen LogP contribution in [0.25, 0.3) is 11.0 Å². The highest BCUT2D eigenvalue weighted by atomic mass is 16.5. The fraction of sp³-hybridized carbons (Fsp3) is 0.417. The van der Waals surface area contributed by atoms with Crippen molar-refractivity contribution in [3.63, 3.8) is 0 Å². The number of morpholine rings is 1. The molecule has 0 saturated carbocycles. The number of hydrogen-bond donors (Lipinski definition) is 2. The summed E-state index contributed by atoms with van der Waals surface area (Å²) < 4.78 is 10.6. The lowest BCUT2D eigenvalue weighted by Crippen LogP contribution is -2.39. The maximum Gasteiger partial charge on any atom is 0.262 e. The number of ether oxygens (including phenoxy) is 2. The molecule has 1 saturated heterocycles. The number of methoxy groups -OCH3 is 1. The van der Waals surface area contributed by atoms with E-state index in [1.165, 1.54) is 0 Å². The number of nitrogens with one attached hydrogen (secondary N) is 2. The van der Waals surface area contributed by atoms with Crippen LogP contribution in [-0.2, 0) is 11.2 Å². The first-order valence-corrected chi connectivity index (χ1v) is 11.3. The van der Waals surface area contributed by atoms with Crippen LogP contribution in [0.3, 0.4) is 0 Å². The van der Waals surface area contributed by atoms with Crippen molar-refractivity contribution < 1.29 is 14.3 Å². The SMILES string of the molecule is COc1ccc([C@@H]2CC(=O)c3cnc4nc(NCCN5CCOCC5)[nH]c(=O)c4c3C2)cc1. The van der Waals surface area contributed by atoms with Gasteiger partial charge >= 0.3 is 0 Å². The summed E-state index contributed by atoms with van der Waals surface area (Å²) in [5, 5.41) is 3.59. The molecule has 1 aliphatic carbocycles. The second-order valence-electron chi connectivity index (χ2n) is 8.45. The highest BCUT2D eigenvalue weighted by Crippen LogP contribution is 2.35. The quantitative estimate of drug-likeness (QED) is 0.588. The third kappa shape index (κ3) is 4.46. The molecule has 2 aromatic heterocycles. The van der Waals surface area contributed by atoms with E-state index in [0.717, 1.165) is 49.7 Å². The number of ketones is 1. The number of benzene rings is 1. The number of aromatic amines is 1. The van der Waals surface area contributed by atoms with Crippen LogP contribution in [0.1, 0.15) is 33.8 Å². The molecule has 0 unspecified atom stereocenters. The van der Waals surface area contributed by atoms with Gasteiger partial charge in [-0.1, -0.05) is 12.1 Å². The van der Waals surface area contributed by atoms with Crippen LogP contribution in [0.2, 0.25) is 0 Å². The van der Waals surface area contributed by atoms with Gasteiger partial charge in [-0.25, -0.2) is 4.98 Å². The Kier molecular flexibility index (Phi) is 6.06. The maximum absolute atomic E-state index is 13.0. The third-order valence-electron chi connectivity index (χ3n) is 6.44. The summed E-state index contributed by atoms with van der Waals surface area (Å²) in [5.74, 6) is 1.15. The Labute approximate surface area is 191 Å². The van der Waals surface area contributed by atoms with Crippen molar-refractivity contribution in [2.45, 2.75) is 18.8 Å². The molecule has 172 valence electrons. The molecule has 0 spiro atoms. The fourth-order valence-corrected chi connectivity index (χ4v) is 4.62. The van der Waals surface area contributed by atoms with Crippen LogP contribution in [0, 0.1) is 0 Å². The molecule has 2 aliphatic rings. The van der Waals surface area contributed by atoms with Crippen molar-refractivity contribution in [3.05, 3.63) is 57.5 Å². The standard InChI is InChI=1S/C24H27N5O4/c1-32-17-4-2-15(3-5-17)16-12-18-19(20(30)13-16)14-26-22-21(18)23(31)28-24(27-22)25-6-7-29-8-10-33-11-9-29/h2-5,14,16H,6-13H2,1H3,(H2,25,26,27,28,31)/t16-/m0/s1.